The lowest BCUT2D eigenvalue weighted by Gasteiger charge is -2.06. The van der Waals surface area contributed by atoms with Gasteiger partial charge < -0.3 is 0 Å². The maximum Gasteiger partial charge on any atom is -0.0273 e. The number of hydrogen-bond acceptors (Lipinski definition) is 0. The van der Waals surface area contributed by atoms with Crippen LogP contribution in [0.4, 0.5) is 0 Å². The maximum atomic E-state index is 2.45. The molecule has 0 aliphatic heterocycles. The van der Waals surface area contributed by atoms with Crippen molar-refractivity contribution < 1.29 is 0 Å². The van der Waals surface area contributed by atoms with Gasteiger partial charge in [-0.3, -0.25) is 0 Å². The van der Waals surface area contributed by atoms with Crippen LogP contribution < -0.4 is 0 Å². The summed E-state index contributed by atoms with van der Waals surface area (Å²) in [5.74, 6) is 0.847. The molecule has 0 atom stereocenters. The lowest BCUT2D eigenvalue weighted by Crippen LogP contribution is -1.92. The van der Waals surface area contributed by atoms with Gasteiger partial charge in [0.15, 0.2) is 0 Å². The van der Waals surface area contributed by atoms with E-state index < -0.39 is 0 Å². The molecule has 0 bridgehead atoms. The molecule has 0 unspecified atom stereocenters. The van der Waals surface area contributed by atoms with Crippen molar-refractivity contribution in [3.63, 3.8) is 0 Å². The molecule has 15 heavy (non-hydrogen) atoms. The highest BCUT2D eigenvalue weighted by atomic mass is 14.2. The molecule has 0 N–H and O–H groups in total. The van der Waals surface area contributed by atoms with Crippen molar-refractivity contribution in [2.75, 3.05) is 0 Å². The number of hydrogen-bond donors (Lipinski definition) is 0. The second-order valence-corrected chi connectivity index (χ2v) is 5.24. The van der Waals surface area contributed by atoms with Gasteiger partial charge in [-0.15, -0.1) is 0 Å². The average molecular weight is 202 g/mol. The predicted octanol–water partition coefficient (Wildman–Crippen LogP) is 4.15. The third-order valence-electron chi connectivity index (χ3n) is 3.41. The zero-order valence-electron chi connectivity index (χ0n) is 10.1. The third-order valence-corrected chi connectivity index (χ3v) is 3.41. The molecule has 0 amide bonds. The zero-order chi connectivity index (χ0) is 10.7. The van der Waals surface area contributed by atoms with E-state index >= 15 is 0 Å². The van der Waals surface area contributed by atoms with E-state index in [1.807, 2.05) is 0 Å². The fourth-order valence-electron chi connectivity index (χ4n) is 2.50. The highest BCUT2D eigenvalue weighted by Crippen LogP contribution is 2.23. The molecule has 1 aromatic carbocycles. The minimum atomic E-state index is 0.847. The van der Waals surface area contributed by atoms with Crippen LogP contribution in [0.15, 0.2) is 18.2 Å². The van der Waals surface area contributed by atoms with Crippen molar-refractivity contribution in [1.29, 1.82) is 0 Å². The summed E-state index contributed by atoms with van der Waals surface area (Å²) in [5, 5.41) is 0. The van der Waals surface area contributed by atoms with Crippen LogP contribution in [0.25, 0.3) is 0 Å². The summed E-state index contributed by atoms with van der Waals surface area (Å²) in [4.78, 5) is 0. The smallest absolute Gasteiger partial charge is 0.0273 e. The second kappa shape index (κ2) is 4.83. The van der Waals surface area contributed by atoms with E-state index in [2.05, 4.69) is 32.0 Å². The second-order valence-electron chi connectivity index (χ2n) is 5.24. The Labute approximate surface area is 93.7 Å². The Bertz CT molecular complexity index is 323. The Balaban J connectivity index is 1.92. The summed E-state index contributed by atoms with van der Waals surface area (Å²) in [6.07, 6.45) is 7.96. The van der Waals surface area contributed by atoms with Crippen molar-refractivity contribution in [1.82, 2.24) is 0 Å². The number of aryl methyl sites for hydroxylation is 3. The Hall–Kier alpha value is -0.780. The Kier molecular flexibility index (Phi) is 3.45. The monoisotopic (exact) mass is 202 g/mol. The Morgan fingerprint density at radius 3 is 2.73 bits per heavy atom. The van der Waals surface area contributed by atoms with Crippen molar-refractivity contribution in [3.8, 4) is 0 Å². The van der Waals surface area contributed by atoms with Crippen LogP contribution in [0.2, 0.25) is 0 Å². The first-order valence-corrected chi connectivity index (χ1v) is 6.36. The summed E-state index contributed by atoms with van der Waals surface area (Å²) in [5.41, 5.74) is 4.77. The molecule has 82 valence electrons. The van der Waals surface area contributed by atoms with Gasteiger partial charge in [-0.25, -0.2) is 0 Å². The summed E-state index contributed by atoms with van der Waals surface area (Å²) < 4.78 is 0. The standard InChI is InChI=1S/C15H22/c1-12(2)5-3-6-13-9-10-14-7-4-8-15(14)11-13/h9-12H,3-8H2,1-2H3. The van der Waals surface area contributed by atoms with Gasteiger partial charge in [0.25, 0.3) is 0 Å². The molecular weight excluding hydrogens is 180 g/mol. The summed E-state index contributed by atoms with van der Waals surface area (Å²) in [6.45, 7) is 4.62. The van der Waals surface area contributed by atoms with Crippen LogP contribution in [0.1, 0.15) is 49.8 Å². The molecule has 2 rings (SSSR count). The van der Waals surface area contributed by atoms with E-state index in [-0.39, 0.29) is 0 Å². The van der Waals surface area contributed by atoms with Gasteiger partial charge in [0.05, 0.1) is 0 Å². The van der Waals surface area contributed by atoms with E-state index in [4.69, 9.17) is 0 Å². The van der Waals surface area contributed by atoms with Crippen LogP contribution in [-0.4, -0.2) is 0 Å². The SMILES string of the molecule is CC(C)CCCc1ccc2c(c1)CCC2. The maximum absolute atomic E-state index is 2.45. The fraction of sp³-hybridized carbons (Fsp3) is 0.600. The normalized spacial score (nSPS) is 14.6. The van der Waals surface area contributed by atoms with Crippen LogP contribution in [0, 0.1) is 5.92 Å². The Morgan fingerprint density at radius 1 is 1.13 bits per heavy atom. The molecule has 0 radical (unpaired) electrons. The van der Waals surface area contributed by atoms with Crippen molar-refractivity contribution in [2.45, 2.75) is 52.4 Å². The molecule has 0 saturated heterocycles. The highest BCUT2D eigenvalue weighted by Gasteiger charge is 2.10. The molecule has 1 aliphatic carbocycles. The third kappa shape index (κ3) is 2.84. The van der Waals surface area contributed by atoms with E-state index in [1.54, 1.807) is 16.7 Å². The van der Waals surface area contributed by atoms with Gasteiger partial charge in [-0.2, -0.15) is 0 Å². The lowest BCUT2D eigenvalue weighted by atomic mass is 10.00. The van der Waals surface area contributed by atoms with Crippen molar-refractivity contribution in [2.24, 2.45) is 5.92 Å². The van der Waals surface area contributed by atoms with Gasteiger partial charge in [0, 0.05) is 0 Å². The molecule has 1 aliphatic rings. The summed E-state index contributed by atoms with van der Waals surface area (Å²) in [7, 11) is 0. The topological polar surface area (TPSA) is 0 Å². The largest absolute Gasteiger partial charge is 0.0628 e. The summed E-state index contributed by atoms with van der Waals surface area (Å²) in [6, 6.07) is 7.14. The first-order valence-electron chi connectivity index (χ1n) is 6.36. The molecule has 0 nitrogen and oxygen atoms in total. The molecule has 1 aromatic rings. The first-order chi connectivity index (χ1) is 7.25. The predicted molar refractivity (Wildman–Crippen MR) is 66.2 cm³/mol. The highest BCUT2D eigenvalue weighted by molar-refractivity contribution is 5.35. The van der Waals surface area contributed by atoms with Gasteiger partial charge >= 0.3 is 0 Å². The van der Waals surface area contributed by atoms with Gasteiger partial charge in [-0.1, -0.05) is 38.5 Å². The summed E-state index contributed by atoms with van der Waals surface area (Å²) >= 11 is 0. The molecule has 0 fully saturated rings. The molecule has 0 aromatic heterocycles. The van der Waals surface area contributed by atoms with E-state index in [9.17, 15) is 0 Å². The van der Waals surface area contributed by atoms with E-state index in [1.165, 1.54) is 38.5 Å². The lowest BCUT2D eigenvalue weighted by molar-refractivity contribution is 0.556. The van der Waals surface area contributed by atoms with Crippen LogP contribution in [0.5, 0.6) is 0 Å². The average Bonchev–Trinajstić information content (AvgIpc) is 2.64. The molecule has 0 heteroatoms. The van der Waals surface area contributed by atoms with Crippen molar-refractivity contribution in [3.05, 3.63) is 34.9 Å². The zero-order valence-corrected chi connectivity index (χ0v) is 10.1. The van der Waals surface area contributed by atoms with E-state index in [0.717, 1.165) is 5.92 Å². The minimum absolute atomic E-state index is 0.847. The fourth-order valence-corrected chi connectivity index (χ4v) is 2.50. The van der Waals surface area contributed by atoms with Crippen LogP contribution in [-0.2, 0) is 19.3 Å². The van der Waals surface area contributed by atoms with Gasteiger partial charge in [-0.05, 0) is 54.7 Å². The van der Waals surface area contributed by atoms with Gasteiger partial charge in [0.1, 0.15) is 0 Å². The molecule has 0 heterocycles. The number of rotatable bonds is 4. The molecule has 0 spiro atoms. The quantitative estimate of drug-likeness (QED) is 0.688. The molecular formula is C15H22. The Morgan fingerprint density at radius 2 is 1.93 bits per heavy atom. The first kappa shape index (κ1) is 10.7. The van der Waals surface area contributed by atoms with Crippen molar-refractivity contribution >= 4 is 0 Å². The van der Waals surface area contributed by atoms with Crippen LogP contribution in [0.3, 0.4) is 0 Å². The minimum Gasteiger partial charge on any atom is -0.0628 e. The molecule has 0 saturated carbocycles. The van der Waals surface area contributed by atoms with Gasteiger partial charge in [0.2, 0.25) is 0 Å². The van der Waals surface area contributed by atoms with Crippen LogP contribution >= 0.6 is 0 Å². The number of benzene rings is 1. The van der Waals surface area contributed by atoms with E-state index in [0.29, 0.717) is 0 Å². The number of fused-ring (bicyclic) bond motifs is 1.